The average Bonchev–Trinajstić information content (AvgIpc) is 2.68. The summed E-state index contributed by atoms with van der Waals surface area (Å²) in [6, 6.07) is 0.562. The second-order valence-electron chi connectivity index (χ2n) is 3.89. The SMILES string of the molecule is CCC(CC)N1CCCC1C(=O)OC. The topological polar surface area (TPSA) is 29.5 Å². The van der Waals surface area contributed by atoms with E-state index in [1.807, 2.05) is 0 Å². The number of nitrogens with zero attached hydrogens (tertiary/aromatic N) is 1. The third-order valence-corrected chi connectivity index (χ3v) is 3.18. The Morgan fingerprint density at radius 3 is 2.64 bits per heavy atom. The fourth-order valence-corrected chi connectivity index (χ4v) is 2.37. The van der Waals surface area contributed by atoms with Gasteiger partial charge in [0.1, 0.15) is 6.04 Å². The van der Waals surface area contributed by atoms with E-state index in [0.29, 0.717) is 6.04 Å². The van der Waals surface area contributed by atoms with Crippen LogP contribution in [0.3, 0.4) is 0 Å². The maximum absolute atomic E-state index is 11.5. The highest BCUT2D eigenvalue weighted by atomic mass is 16.5. The molecular formula is C11H21NO2. The van der Waals surface area contributed by atoms with Crippen molar-refractivity contribution in [3.05, 3.63) is 0 Å². The second kappa shape index (κ2) is 5.35. The highest BCUT2D eigenvalue weighted by Gasteiger charge is 2.34. The lowest BCUT2D eigenvalue weighted by atomic mass is 10.1. The minimum Gasteiger partial charge on any atom is -0.468 e. The van der Waals surface area contributed by atoms with Crippen LogP contribution >= 0.6 is 0 Å². The lowest BCUT2D eigenvalue weighted by Crippen LogP contribution is -2.43. The van der Waals surface area contributed by atoms with Gasteiger partial charge in [0.25, 0.3) is 0 Å². The van der Waals surface area contributed by atoms with Crippen molar-refractivity contribution in [3.8, 4) is 0 Å². The van der Waals surface area contributed by atoms with E-state index < -0.39 is 0 Å². The molecule has 3 nitrogen and oxygen atoms in total. The van der Waals surface area contributed by atoms with Gasteiger partial charge in [0.15, 0.2) is 0 Å². The summed E-state index contributed by atoms with van der Waals surface area (Å²) in [5.41, 5.74) is 0. The minimum atomic E-state index is -0.0607. The third-order valence-electron chi connectivity index (χ3n) is 3.18. The maximum Gasteiger partial charge on any atom is 0.323 e. The number of methoxy groups -OCH3 is 1. The predicted octanol–water partition coefficient (Wildman–Crippen LogP) is 1.81. The van der Waals surface area contributed by atoms with Gasteiger partial charge in [-0.3, -0.25) is 9.69 Å². The van der Waals surface area contributed by atoms with Crippen molar-refractivity contribution in [1.29, 1.82) is 0 Å². The third kappa shape index (κ3) is 2.27. The van der Waals surface area contributed by atoms with Crippen molar-refractivity contribution in [2.45, 2.75) is 51.6 Å². The highest BCUT2D eigenvalue weighted by molar-refractivity contribution is 5.76. The van der Waals surface area contributed by atoms with E-state index in [4.69, 9.17) is 4.74 Å². The zero-order chi connectivity index (χ0) is 10.6. The first-order valence-corrected chi connectivity index (χ1v) is 5.58. The van der Waals surface area contributed by atoms with Crippen molar-refractivity contribution in [1.82, 2.24) is 4.90 Å². The number of carbonyl (C=O) groups excluding carboxylic acids is 1. The molecule has 1 rings (SSSR count). The fourth-order valence-electron chi connectivity index (χ4n) is 2.37. The molecule has 0 saturated carbocycles. The van der Waals surface area contributed by atoms with Gasteiger partial charge >= 0.3 is 5.97 Å². The Kier molecular flexibility index (Phi) is 4.39. The lowest BCUT2D eigenvalue weighted by molar-refractivity contribution is -0.146. The predicted molar refractivity (Wildman–Crippen MR) is 56.1 cm³/mol. The molecule has 0 radical (unpaired) electrons. The van der Waals surface area contributed by atoms with Crippen molar-refractivity contribution < 1.29 is 9.53 Å². The molecule has 1 fully saturated rings. The Morgan fingerprint density at radius 1 is 1.50 bits per heavy atom. The van der Waals surface area contributed by atoms with Gasteiger partial charge in [-0.25, -0.2) is 0 Å². The van der Waals surface area contributed by atoms with Crippen LogP contribution in [-0.4, -0.2) is 36.6 Å². The molecule has 0 bridgehead atoms. The summed E-state index contributed by atoms with van der Waals surface area (Å²) in [4.78, 5) is 13.8. The molecular weight excluding hydrogens is 178 g/mol. The van der Waals surface area contributed by atoms with Crippen LogP contribution in [0.5, 0.6) is 0 Å². The number of hydrogen-bond donors (Lipinski definition) is 0. The molecule has 14 heavy (non-hydrogen) atoms. The molecule has 1 aliphatic heterocycles. The zero-order valence-electron chi connectivity index (χ0n) is 9.45. The van der Waals surface area contributed by atoms with Gasteiger partial charge < -0.3 is 4.74 Å². The second-order valence-corrected chi connectivity index (χ2v) is 3.89. The van der Waals surface area contributed by atoms with E-state index in [1.54, 1.807) is 0 Å². The molecule has 0 aliphatic carbocycles. The van der Waals surface area contributed by atoms with Crippen LogP contribution in [0.15, 0.2) is 0 Å². The van der Waals surface area contributed by atoms with Gasteiger partial charge in [0.05, 0.1) is 7.11 Å². The van der Waals surface area contributed by atoms with Crippen LogP contribution in [-0.2, 0) is 9.53 Å². The quantitative estimate of drug-likeness (QED) is 0.647. The average molecular weight is 199 g/mol. The number of carbonyl (C=O) groups is 1. The van der Waals surface area contributed by atoms with Crippen LogP contribution in [0.4, 0.5) is 0 Å². The fraction of sp³-hybridized carbons (Fsp3) is 0.909. The van der Waals surface area contributed by atoms with E-state index >= 15 is 0 Å². The summed E-state index contributed by atoms with van der Waals surface area (Å²) in [5.74, 6) is -0.0607. The Bertz CT molecular complexity index is 190. The van der Waals surface area contributed by atoms with E-state index in [0.717, 1.165) is 32.2 Å². The summed E-state index contributed by atoms with van der Waals surface area (Å²) in [7, 11) is 1.48. The molecule has 1 atom stereocenters. The van der Waals surface area contributed by atoms with Gasteiger partial charge in [0, 0.05) is 6.04 Å². The van der Waals surface area contributed by atoms with E-state index in [1.165, 1.54) is 7.11 Å². The molecule has 1 heterocycles. The molecule has 3 heteroatoms. The van der Waals surface area contributed by atoms with Crippen LogP contribution in [0, 0.1) is 0 Å². The van der Waals surface area contributed by atoms with Gasteiger partial charge in [-0.1, -0.05) is 13.8 Å². The first kappa shape index (κ1) is 11.5. The van der Waals surface area contributed by atoms with Crippen molar-refractivity contribution in [2.24, 2.45) is 0 Å². The summed E-state index contributed by atoms with van der Waals surface area (Å²) in [6.45, 7) is 5.41. The van der Waals surface area contributed by atoms with Crippen molar-refractivity contribution >= 4 is 5.97 Å². The Balaban J connectivity index is 2.62. The molecule has 0 aromatic rings. The molecule has 0 aromatic carbocycles. The molecule has 0 aromatic heterocycles. The first-order chi connectivity index (χ1) is 6.74. The maximum atomic E-state index is 11.5. The van der Waals surface area contributed by atoms with Crippen molar-refractivity contribution in [3.63, 3.8) is 0 Å². The van der Waals surface area contributed by atoms with Gasteiger partial charge in [-0.15, -0.1) is 0 Å². The molecule has 1 aliphatic rings. The first-order valence-electron chi connectivity index (χ1n) is 5.58. The van der Waals surface area contributed by atoms with Crippen LogP contribution < -0.4 is 0 Å². The minimum absolute atomic E-state index is 0.0184. The van der Waals surface area contributed by atoms with Gasteiger partial charge in [0.2, 0.25) is 0 Å². The Labute approximate surface area is 86.4 Å². The summed E-state index contributed by atoms with van der Waals surface area (Å²) < 4.78 is 4.82. The number of esters is 1. The molecule has 0 spiro atoms. The summed E-state index contributed by atoms with van der Waals surface area (Å²) in [6.07, 6.45) is 4.31. The molecule has 1 saturated heterocycles. The lowest BCUT2D eigenvalue weighted by Gasteiger charge is -2.30. The van der Waals surface area contributed by atoms with E-state index in [-0.39, 0.29) is 12.0 Å². The highest BCUT2D eigenvalue weighted by Crippen LogP contribution is 2.23. The van der Waals surface area contributed by atoms with Crippen LogP contribution in [0.25, 0.3) is 0 Å². The monoisotopic (exact) mass is 199 g/mol. The van der Waals surface area contributed by atoms with Crippen LogP contribution in [0.1, 0.15) is 39.5 Å². The largest absolute Gasteiger partial charge is 0.468 e. The standard InChI is InChI=1S/C11H21NO2/c1-4-9(5-2)12-8-6-7-10(12)11(13)14-3/h9-10H,4-8H2,1-3H3. The summed E-state index contributed by atoms with van der Waals surface area (Å²) in [5, 5.41) is 0. The molecule has 1 unspecified atom stereocenters. The number of hydrogen-bond acceptors (Lipinski definition) is 3. The van der Waals surface area contributed by atoms with E-state index in [2.05, 4.69) is 18.7 Å². The number of rotatable bonds is 4. The van der Waals surface area contributed by atoms with Crippen molar-refractivity contribution in [2.75, 3.05) is 13.7 Å². The van der Waals surface area contributed by atoms with Gasteiger partial charge in [-0.05, 0) is 32.2 Å². The normalized spacial score (nSPS) is 23.0. The smallest absolute Gasteiger partial charge is 0.323 e. The van der Waals surface area contributed by atoms with Gasteiger partial charge in [-0.2, -0.15) is 0 Å². The molecule has 0 N–H and O–H groups in total. The Morgan fingerprint density at radius 2 is 2.14 bits per heavy atom. The number of ether oxygens (including phenoxy) is 1. The molecule has 82 valence electrons. The summed E-state index contributed by atoms with van der Waals surface area (Å²) >= 11 is 0. The number of likely N-dealkylation sites (tertiary alicyclic amines) is 1. The Hall–Kier alpha value is -0.570. The van der Waals surface area contributed by atoms with Crippen LogP contribution in [0.2, 0.25) is 0 Å². The van der Waals surface area contributed by atoms with E-state index in [9.17, 15) is 4.79 Å². The molecule has 0 amide bonds. The zero-order valence-corrected chi connectivity index (χ0v) is 9.45.